The predicted molar refractivity (Wildman–Crippen MR) is 195 cm³/mol. The summed E-state index contributed by atoms with van der Waals surface area (Å²) in [5, 5.41) is 2.15. The van der Waals surface area contributed by atoms with Crippen LogP contribution in [-0.2, 0) is 5.41 Å². The summed E-state index contributed by atoms with van der Waals surface area (Å²) in [6.07, 6.45) is 0. The monoisotopic (exact) mass is 604 g/mol. The van der Waals surface area contributed by atoms with Crippen molar-refractivity contribution in [3.63, 3.8) is 0 Å². The minimum Gasteiger partial charge on any atom is -0.435 e. The molecule has 7 aromatic carbocycles. The van der Waals surface area contributed by atoms with E-state index in [-0.39, 0.29) is 5.41 Å². The molecule has 0 saturated heterocycles. The highest BCUT2D eigenvalue weighted by Gasteiger charge is 2.35. The Bertz CT molecular complexity index is 2440. The van der Waals surface area contributed by atoms with E-state index in [4.69, 9.17) is 9.40 Å². The van der Waals surface area contributed by atoms with Gasteiger partial charge in [0, 0.05) is 33.4 Å². The normalized spacial score (nSPS) is 13.1. The second-order valence-electron chi connectivity index (χ2n) is 12.9. The van der Waals surface area contributed by atoms with Gasteiger partial charge in [-0.3, -0.25) is 0 Å². The molecule has 9 rings (SSSR count). The number of hydrogen-bond acceptors (Lipinski definition) is 3. The highest BCUT2D eigenvalue weighted by molar-refractivity contribution is 6.05. The van der Waals surface area contributed by atoms with Crippen LogP contribution in [0.5, 0.6) is 0 Å². The van der Waals surface area contributed by atoms with Crippen molar-refractivity contribution in [1.82, 2.24) is 4.98 Å². The lowest BCUT2D eigenvalue weighted by Gasteiger charge is -2.28. The van der Waals surface area contributed by atoms with Crippen LogP contribution < -0.4 is 4.90 Å². The molecule has 1 aromatic heterocycles. The third-order valence-corrected chi connectivity index (χ3v) is 9.67. The van der Waals surface area contributed by atoms with Gasteiger partial charge in [0.15, 0.2) is 5.58 Å². The molecule has 0 spiro atoms. The van der Waals surface area contributed by atoms with Crippen molar-refractivity contribution in [1.29, 1.82) is 0 Å². The molecule has 0 N–H and O–H groups in total. The Balaban J connectivity index is 1.22. The van der Waals surface area contributed by atoms with Gasteiger partial charge in [-0.15, -0.1) is 0 Å². The summed E-state index contributed by atoms with van der Waals surface area (Å²) in [5.74, 6) is 0.637. The van der Waals surface area contributed by atoms with Crippen LogP contribution in [0.25, 0.3) is 55.6 Å². The van der Waals surface area contributed by atoms with Crippen molar-refractivity contribution < 1.29 is 4.42 Å². The molecule has 1 heterocycles. The molecule has 0 aliphatic heterocycles. The zero-order valence-corrected chi connectivity index (χ0v) is 26.3. The van der Waals surface area contributed by atoms with Gasteiger partial charge in [0.1, 0.15) is 5.52 Å². The van der Waals surface area contributed by atoms with Gasteiger partial charge in [0.2, 0.25) is 5.89 Å². The smallest absolute Gasteiger partial charge is 0.227 e. The highest BCUT2D eigenvalue weighted by Crippen LogP contribution is 2.51. The molecule has 3 nitrogen and oxygen atoms in total. The van der Waals surface area contributed by atoms with Gasteiger partial charge in [-0.2, -0.15) is 0 Å². The van der Waals surface area contributed by atoms with Gasteiger partial charge < -0.3 is 9.32 Å². The lowest BCUT2D eigenvalue weighted by Crippen LogP contribution is -2.16. The first-order valence-electron chi connectivity index (χ1n) is 16.1. The third kappa shape index (κ3) is 4.46. The fraction of sp³-hybridized carbons (Fsp3) is 0.0682. The summed E-state index contributed by atoms with van der Waals surface area (Å²) in [4.78, 5) is 7.19. The van der Waals surface area contributed by atoms with Crippen LogP contribution in [0.4, 0.5) is 17.1 Å². The summed E-state index contributed by atoms with van der Waals surface area (Å²) in [6, 6.07) is 56.1. The van der Waals surface area contributed by atoms with Crippen LogP contribution in [0.2, 0.25) is 0 Å². The Morgan fingerprint density at radius 1 is 0.511 bits per heavy atom. The summed E-state index contributed by atoms with van der Waals surface area (Å²) in [5.41, 5.74) is 13.6. The molecule has 0 radical (unpaired) electrons. The average molecular weight is 605 g/mol. The van der Waals surface area contributed by atoms with E-state index in [0.717, 1.165) is 44.5 Å². The Labute approximate surface area is 274 Å². The van der Waals surface area contributed by atoms with E-state index in [0.29, 0.717) is 5.89 Å². The first kappa shape index (κ1) is 27.4. The number of nitrogens with zero attached hydrogens (tertiary/aromatic N) is 2. The first-order valence-corrected chi connectivity index (χ1v) is 16.1. The van der Waals surface area contributed by atoms with Gasteiger partial charge in [-0.1, -0.05) is 111 Å². The van der Waals surface area contributed by atoms with E-state index in [2.05, 4.69) is 146 Å². The van der Waals surface area contributed by atoms with Crippen molar-refractivity contribution in [3.05, 3.63) is 169 Å². The maximum absolute atomic E-state index is 6.38. The first-order chi connectivity index (χ1) is 23.0. The molecule has 0 bridgehead atoms. The quantitative estimate of drug-likeness (QED) is 0.196. The largest absolute Gasteiger partial charge is 0.435 e. The van der Waals surface area contributed by atoms with Crippen molar-refractivity contribution in [2.45, 2.75) is 19.3 Å². The van der Waals surface area contributed by atoms with E-state index in [1.54, 1.807) is 0 Å². The molecule has 0 atom stereocenters. The molecular weight excluding hydrogens is 572 g/mol. The Kier molecular flexibility index (Phi) is 6.16. The van der Waals surface area contributed by atoms with E-state index in [9.17, 15) is 0 Å². The van der Waals surface area contributed by atoms with Crippen molar-refractivity contribution in [3.8, 4) is 33.7 Å². The predicted octanol–water partition coefficient (Wildman–Crippen LogP) is 12.1. The second-order valence-corrected chi connectivity index (χ2v) is 12.9. The van der Waals surface area contributed by atoms with Gasteiger partial charge in [0.25, 0.3) is 0 Å². The van der Waals surface area contributed by atoms with Crippen molar-refractivity contribution in [2.24, 2.45) is 0 Å². The lowest BCUT2D eigenvalue weighted by molar-refractivity contribution is 0.623. The molecule has 1 aliphatic carbocycles. The van der Waals surface area contributed by atoms with Gasteiger partial charge in [-0.05, 0) is 99.4 Å². The maximum Gasteiger partial charge on any atom is 0.227 e. The standard InChI is InChI=1S/C44H32N2O/c1-44(2)39-19-10-9-18-37(39)38-24-22-35(28-40(38)44)46(33-17-11-16-31(26-33)29-12-5-3-6-13-29)34-21-23-36-32(27-34)20-25-41-42(36)47-43(45-41)30-14-7-4-8-15-30/h3-28H,1-2H3. The topological polar surface area (TPSA) is 29.3 Å². The fourth-order valence-electron chi connectivity index (χ4n) is 7.28. The van der Waals surface area contributed by atoms with E-state index in [1.807, 2.05) is 30.3 Å². The van der Waals surface area contributed by atoms with Crippen molar-refractivity contribution in [2.75, 3.05) is 4.90 Å². The minimum absolute atomic E-state index is 0.1000. The molecule has 224 valence electrons. The fourth-order valence-corrected chi connectivity index (χ4v) is 7.28. The van der Waals surface area contributed by atoms with E-state index < -0.39 is 0 Å². The maximum atomic E-state index is 6.38. The summed E-state index contributed by atoms with van der Waals surface area (Å²) < 4.78 is 6.38. The van der Waals surface area contributed by atoms with Crippen LogP contribution in [-0.4, -0.2) is 4.98 Å². The Morgan fingerprint density at radius 3 is 2.00 bits per heavy atom. The van der Waals surface area contributed by atoms with Gasteiger partial charge in [0.05, 0.1) is 0 Å². The number of oxazole rings is 1. The summed E-state index contributed by atoms with van der Waals surface area (Å²) in [6.45, 7) is 4.67. The SMILES string of the molecule is CC1(C)c2ccccc2-c2ccc(N(c3cccc(-c4ccccc4)c3)c3ccc4c(ccc5nc(-c6ccccc6)oc54)c3)cc21. The number of hydrogen-bond donors (Lipinski definition) is 0. The van der Waals surface area contributed by atoms with Crippen LogP contribution in [0.1, 0.15) is 25.0 Å². The molecule has 0 unspecified atom stereocenters. The van der Waals surface area contributed by atoms with E-state index in [1.165, 1.54) is 33.4 Å². The van der Waals surface area contributed by atoms with Crippen molar-refractivity contribution >= 4 is 38.9 Å². The molecule has 0 amide bonds. The van der Waals surface area contributed by atoms with Crippen LogP contribution in [0.15, 0.2) is 162 Å². The average Bonchev–Trinajstić information content (AvgIpc) is 3.66. The molecule has 1 aliphatic rings. The highest BCUT2D eigenvalue weighted by atomic mass is 16.3. The zero-order valence-electron chi connectivity index (χ0n) is 26.3. The van der Waals surface area contributed by atoms with Crippen LogP contribution >= 0.6 is 0 Å². The molecule has 0 saturated carbocycles. The second kappa shape index (κ2) is 10.6. The number of fused-ring (bicyclic) bond motifs is 6. The lowest BCUT2D eigenvalue weighted by atomic mass is 9.82. The van der Waals surface area contributed by atoms with Gasteiger partial charge in [-0.25, -0.2) is 4.98 Å². The third-order valence-electron chi connectivity index (χ3n) is 9.67. The summed E-state index contributed by atoms with van der Waals surface area (Å²) >= 11 is 0. The Morgan fingerprint density at radius 2 is 1.17 bits per heavy atom. The zero-order chi connectivity index (χ0) is 31.5. The molecule has 47 heavy (non-hydrogen) atoms. The molecular formula is C44H32N2O. The molecule has 3 heteroatoms. The number of rotatable bonds is 5. The molecule has 8 aromatic rings. The molecule has 0 fully saturated rings. The summed E-state index contributed by atoms with van der Waals surface area (Å²) in [7, 11) is 0. The number of benzene rings is 7. The number of aromatic nitrogens is 1. The van der Waals surface area contributed by atoms with Gasteiger partial charge >= 0.3 is 0 Å². The number of anilines is 3. The van der Waals surface area contributed by atoms with E-state index >= 15 is 0 Å². The minimum atomic E-state index is -0.1000. The Hall–Kier alpha value is -5.93. The van der Waals surface area contributed by atoms with Crippen LogP contribution in [0.3, 0.4) is 0 Å². The van der Waals surface area contributed by atoms with Crippen LogP contribution in [0, 0.1) is 0 Å².